The van der Waals surface area contributed by atoms with E-state index in [0.717, 1.165) is 31.8 Å². The number of nitrogens with zero attached hydrogens (tertiary/aromatic N) is 1. The number of hydrogen-bond acceptors (Lipinski definition) is 1. The number of rotatable bonds is 15. The van der Waals surface area contributed by atoms with Crippen molar-refractivity contribution in [3.05, 3.63) is 136 Å². The minimum Gasteiger partial charge on any atom is -0.288 e. The Hall–Kier alpha value is -3.16. The Morgan fingerprint density at radius 2 is 1.62 bits per heavy atom. The molecule has 6 rings (SSSR count). The predicted molar refractivity (Wildman–Crippen MR) is 241 cm³/mol. The molecule has 55 heavy (non-hydrogen) atoms. The highest BCUT2D eigenvalue weighted by Crippen LogP contribution is 2.40. The molecule has 1 heteroatoms. The molecule has 0 saturated heterocycles. The topological polar surface area (TPSA) is 3.24 Å². The van der Waals surface area contributed by atoms with E-state index in [0.29, 0.717) is 23.8 Å². The minimum absolute atomic E-state index is 0.420. The van der Waals surface area contributed by atoms with E-state index in [9.17, 15) is 0 Å². The Labute approximate surface area is 337 Å². The number of fused-ring (bicyclic) bond motifs is 2. The summed E-state index contributed by atoms with van der Waals surface area (Å²) in [5, 5.41) is 0. The van der Waals surface area contributed by atoms with Gasteiger partial charge in [0.05, 0.1) is 0 Å². The van der Waals surface area contributed by atoms with E-state index in [4.69, 9.17) is 0 Å². The van der Waals surface area contributed by atoms with Crippen molar-refractivity contribution in [1.29, 1.82) is 0 Å². The SMILES string of the molecule is CCCC/C=C(CCC(CCC)CCCC)/C1=C2\CCC=C\C2=C(C)/C(C)=C/C=C(/c2ccc([C@@H]3CC=CCC3)cc2)CN(C2C=CC3CCC=CC3C2)C1. The van der Waals surface area contributed by atoms with E-state index in [1.165, 1.54) is 136 Å². The Kier molecular flexibility index (Phi) is 16.1. The minimum atomic E-state index is 0.420. The third-order valence-corrected chi connectivity index (χ3v) is 13.8. The van der Waals surface area contributed by atoms with Crippen LogP contribution in [0.4, 0.5) is 0 Å². The standard InChI is InChI=1S/C54H75N/c1-6-9-12-24-48(31-29-43(19-8-3)20-10-7-2)54-40-55(51-37-36-45-23-15-16-25-49(45)38-51)39-50(30-28-41(4)42(5)52-26-17-18-27-53(52)54)47-34-32-46(33-35-47)44-21-13-11-14-22-44/h11,13,16-17,24-26,28,30,32-37,43-45,49,51H,6-10,12,14-15,18-23,27,29,31,38-40H2,1-5H3/b41-28+,48-24+,50-30+,52-42+,54-53+/t43?,44-,45?,49?,51?/m1/s1. The summed E-state index contributed by atoms with van der Waals surface area (Å²) < 4.78 is 0. The average molecular weight is 738 g/mol. The van der Waals surface area contributed by atoms with E-state index in [-0.39, 0.29) is 0 Å². The fraction of sp³-hybridized carbons (Fsp3) is 0.556. The second-order valence-corrected chi connectivity index (χ2v) is 17.7. The Morgan fingerprint density at radius 3 is 2.40 bits per heavy atom. The second-order valence-electron chi connectivity index (χ2n) is 17.7. The molecule has 4 unspecified atom stereocenters. The lowest BCUT2D eigenvalue weighted by molar-refractivity contribution is 0.219. The van der Waals surface area contributed by atoms with Gasteiger partial charge in [0, 0.05) is 19.1 Å². The summed E-state index contributed by atoms with van der Waals surface area (Å²) in [6.45, 7) is 13.8. The van der Waals surface area contributed by atoms with Gasteiger partial charge in [0.1, 0.15) is 0 Å². The normalized spacial score (nSPS) is 30.2. The van der Waals surface area contributed by atoms with Crippen molar-refractivity contribution in [2.75, 3.05) is 13.1 Å². The maximum absolute atomic E-state index is 2.91. The molecular weight excluding hydrogens is 663 g/mol. The van der Waals surface area contributed by atoms with Gasteiger partial charge in [0.25, 0.3) is 0 Å². The Morgan fingerprint density at radius 1 is 0.782 bits per heavy atom. The molecule has 1 nitrogen and oxygen atoms in total. The maximum atomic E-state index is 2.91. The van der Waals surface area contributed by atoms with Gasteiger partial charge in [-0.1, -0.05) is 157 Å². The fourth-order valence-corrected chi connectivity index (χ4v) is 10.2. The van der Waals surface area contributed by atoms with E-state index in [1.807, 2.05) is 0 Å². The van der Waals surface area contributed by atoms with Crippen molar-refractivity contribution in [3.8, 4) is 0 Å². The molecular formula is C54H75N. The summed E-state index contributed by atoms with van der Waals surface area (Å²) in [5.74, 6) is 2.84. The first-order valence-corrected chi connectivity index (χ1v) is 23.0. The van der Waals surface area contributed by atoms with Gasteiger partial charge in [-0.15, -0.1) is 0 Å². The smallest absolute Gasteiger partial charge is 0.0291 e. The van der Waals surface area contributed by atoms with E-state index >= 15 is 0 Å². The highest BCUT2D eigenvalue weighted by molar-refractivity contribution is 5.70. The summed E-state index contributed by atoms with van der Waals surface area (Å²) in [4.78, 5) is 2.91. The van der Waals surface area contributed by atoms with Crippen LogP contribution in [0.25, 0.3) is 5.57 Å². The highest BCUT2D eigenvalue weighted by Gasteiger charge is 2.32. The lowest BCUT2D eigenvalue weighted by Crippen LogP contribution is -2.41. The van der Waals surface area contributed by atoms with Crippen molar-refractivity contribution in [2.24, 2.45) is 17.8 Å². The van der Waals surface area contributed by atoms with Crippen LogP contribution in [0.2, 0.25) is 0 Å². The van der Waals surface area contributed by atoms with Crippen LogP contribution >= 0.6 is 0 Å². The van der Waals surface area contributed by atoms with Gasteiger partial charge in [-0.05, 0) is 158 Å². The summed E-state index contributed by atoms with van der Waals surface area (Å²) in [7, 11) is 0. The summed E-state index contributed by atoms with van der Waals surface area (Å²) in [5.41, 5.74) is 13.6. The van der Waals surface area contributed by atoms with Crippen molar-refractivity contribution >= 4 is 5.57 Å². The summed E-state index contributed by atoms with van der Waals surface area (Å²) in [6, 6.07) is 10.2. The first-order valence-electron chi connectivity index (χ1n) is 23.0. The van der Waals surface area contributed by atoms with Gasteiger partial charge in [-0.2, -0.15) is 0 Å². The molecule has 0 radical (unpaired) electrons. The molecule has 0 bridgehead atoms. The molecule has 0 amide bonds. The quantitative estimate of drug-likeness (QED) is 0.128. The number of allylic oxidation sites excluding steroid dienone is 14. The molecule has 1 aromatic carbocycles. The van der Waals surface area contributed by atoms with Crippen LogP contribution in [0.3, 0.4) is 0 Å². The zero-order valence-corrected chi connectivity index (χ0v) is 35.6. The third-order valence-electron chi connectivity index (χ3n) is 13.8. The zero-order chi connectivity index (χ0) is 38.4. The van der Waals surface area contributed by atoms with Crippen molar-refractivity contribution in [3.63, 3.8) is 0 Å². The van der Waals surface area contributed by atoms with E-state index in [1.54, 1.807) is 16.7 Å². The van der Waals surface area contributed by atoms with Crippen molar-refractivity contribution in [1.82, 2.24) is 4.90 Å². The van der Waals surface area contributed by atoms with E-state index in [2.05, 4.69) is 131 Å². The Bertz CT molecular complexity index is 1680. The number of unbranched alkanes of at least 4 members (excludes halogenated alkanes) is 3. The number of hydrogen-bond donors (Lipinski definition) is 0. The first kappa shape index (κ1) is 41.5. The van der Waals surface area contributed by atoms with Crippen LogP contribution in [0, 0.1) is 17.8 Å². The van der Waals surface area contributed by atoms with Crippen LogP contribution in [0.15, 0.2) is 125 Å². The maximum Gasteiger partial charge on any atom is 0.0291 e. The summed E-state index contributed by atoms with van der Waals surface area (Å²) >= 11 is 0. The molecule has 0 N–H and O–H groups in total. The third kappa shape index (κ3) is 11.2. The van der Waals surface area contributed by atoms with Crippen molar-refractivity contribution in [2.45, 2.75) is 162 Å². The Balaban J connectivity index is 1.45. The molecule has 0 spiro atoms. The van der Waals surface area contributed by atoms with Crippen LogP contribution in [0.5, 0.6) is 0 Å². The van der Waals surface area contributed by atoms with Gasteiger partial charge in [0.15, 0.2) is 0 Å². The van der Waals surface area contributed by atoms with Crippen molar-refractivity contribution < 1.29 is 0 Å². The molecule has 4 aliphatic carbocycles. The molecule has 5 atom stereocenters. The zero-order valence-electron chi connectivity index (χ0n) is 35.6. The van der Waals surface area contributed by atoms with Crippen LogP contribution in [-0.2, 0) is 0 Å². The van der Waals surface area contributed by atoms with E-state index < -0.39 is 0 Å². The van der Waals surface area contributed by atoms with Crippen LogP contribution < -0.4 is 0 Å². The van der Waals surface area contributed by atoms with Crippen LogP contribution in [-0.4, -0.2) is 24.0 Å². The van der Waals surface area contributed by atoms with Gasteiger partial charge in [0.2, 0.25) is 0 Å². The van der Waals surface area contributed by atoms with Crippen LogP contribution in [0.1, 0.15) is 167 Å². The lowest BCUT2D eigenvalue weighted by Gasteiger charge is -2.39. The molecule has 1 aromatic rings. The highest BCUT2D eigenvalue weighted by atomic mass is 15.2. The lowest BCUT2D eigenvalue weighted by atomic mass is 9.76. The van der Waals surface area contributed by atoms with Gasteiger partial charge < -0.3 is 0 Å². The molecule has 296 valence electrons. The monoisotopic (exact) mass is 738 g/mol. The first-order chi connectivity index (χ1) is 27.0. The molecule has 0 aromatic heterocycles. The molecule has 1 aliphatic heterocycles. The molecule has 1 heterocycles. The van der Waals surface area contributed by atoms with Gasteiger partial charge >= 0.3 is 0 Å². The second kappa shape index (κ2) is 21.4. The molecule has 5 aliphatic rings. The largest absolute Gasteiger partial charge is 0.288 e. The number of benzene rings is 1. The average Bonchev–Trinajstić information content (AvgIpc) is 3.25. The summed E-state index contributed by atoms with van der Waals surface area (Å²) in [6.07, 6.45) is 50.2. The predicted octanol–water partition coefficient (Wildman–Crippen LogP) is 15.5. The van der Waals surface area contributed by atoms with Gasteiger partial charge in [-0.25, -0.2) is 0 Å². The molecule has 0 fully saturated rings. The molecule has 0 saturated carbocycles. The fourth-order valence-electron chi connectivity index (χ4n) is 10.2. The van der Waals surface area contributed by atoms with Gasteiger partial charge in [-0.3, -0.25) is 4.90 Å².